The Morgan fingerprint density at radius 1 is 1.17 bits per heavy atom. The lowest BCUT2D eigenvalue weighted by Gasteiger charge is -2.22. The topological polar surface area (TPSA) is 12.0 Å². The van der Waals surface area contributed by atoms with Gasteiger partial charge in [-0.05, 0) is 49.6 Å². The van der Waals surface area contributed by atoms with Crippen LogP contribution in [0.4, 0.5) is 8.78 Å². The average Bonchev–Trinajstić information content (AvgIpc) is 2.94. The molecule has 1 aromatic rings. The van der Waals surface area contributed by atoms with E-state index in [2.05, 4.69) is 5.32 Å². The van der Waals surface area contributed by atoms with Gasteiger partial charge in [-0.2, -0.15) is 0 Å². The predicted octanol–water partition coefficient (Wildman–Crippen LogP) is 3.49. The minimum atomic E-state index is -0.510. The molecule has 0 heterocycles. The van der Waals surface area contributed by atoms with E-state index in [1.807, 2.05) is 0 Å². The smallest absolute Gasteiger partial charge is 0.130 e. The molecule has 2 saturated carbocycles. The van der Waals surface area contributed by atoms with E-state index in [-0.39, 0.29) is 0 Å². The van der Waals surface area contributed by atoms with E-state index >= 15 is 0 Å². The first-order valence-corrected chi connectivity index (χ1v) is 6.87. The third kappa shape index (κ3) is 2.41. The van der Waals surface area contributed by atoms with Gasteiger partial charge in [0.05, 0.1) is 0 Å². The molecule has 3 rings (SSSR count). The van der Waals surface area contributed by atoms with Gasteiger partial charge in [0.2, 0.25) is 0 Å². The molecule has 1 aromatic carbocycles. The predicted molar refractivity (Wildman–Crippen MR) is 67.0 cm³/mol. The monoisotopic (exact) mass is 251 g/mol. The minimum Gasteiger partial charge on any atom is -0.312 e. The fourth-order valence-electron chi connectivity index (χ4n) is 3.68. The Kier molecular flexibility index (Phi) is 3.33. The first kappa shape index (κ1) is 12.1. The molecule has 0 spiro atoms. The minimum absolute atomic E-state index is 0.449. The molecule has 3 heteroatoms. The zero-order chi connectivity index (χ0) is 12.5. The van der Waals surface area contributed by atoms with Crippen molar-refractivity contribution in [3.8, 4) is 0 Å². The summed E-state index contributed by atoms with van der Waals surface area (Å²) in [5.41, 5.74) is 0.555. The summed E-state index contributed by atoms with van der Waals surface area (Å²) < 4.78 is 26.2. The van der Waals surface area contributed by atoms with E-state index in [0.29, 0.717) is 12.1 Å². The molecule has 2 aliphatic rings. The molecule has 0 aromatic heterocycles. The maximum absolute atomic E-state index is 13.4. The normalized spacial score (nSPS) is 30.0. The maximum Gasteiger partial charge on any atom is 0.130 e. The summed E-state index contributed by atoms with van der Waals surface area (Å²) >= 11 is 0. The Balaban J connectivity index is 1.50. The van der Waals surface area contributed by atoms with E-state index in [0.717, 1.165) is 30.4 Å². The van der Waals surface area contributed by atoms with Crippen LogP contribution < -0.4 is 5.32 Å². The average molecular weight is 251 g/mol. The van der Waals surface area contributed by atoms with Crippen molar-refractivity contribution in [1.82, 2.24) is 5.32 Å². The van der Waals surface area contributed by atoms with Crippen molar-refractivity contribution in [2.75, 3.05) is 6.54 Å². The fourth-order valence-corrected chi connectivity index (χ4v) is 3.68. The Morgan fingerprint density at radius 3 is 2.72 bits per heavy atom. The largest absolute Gasteiger partial charge is 0.312 e. The molecule has 0 amide bonds. The number of rotatable bonds is 4. The van der Waals surface area contributed by atoms with Crippen LogP contribution in [0.3, 0.4) is 0 Å². The van der Waals surface area contributed by atoms with Crippen molar-refractivity contribution in [1.29, 1.82) is 0 Å². The second-order valence-corrected chi connectivity index (χ2v) is 5.80. The van der Waals surface area contributed by atoms with Crippen molar-refractivity contribution in [3.63, 3.8) is 0 Å². The highest BCUT2D eigenvalue weighted by Gasteiger charge is 2.38. The maximum atomic E-state index is 13.4. The summed E-state index contributed by atoms with van der Waals surface area (Å²) in [5.74, 6) is 1.65. The van der Waals surface area contributed by atoms with Crippen LogP contribution in [0, 0.1) is 29.4 Å². The van der Waals surface area contributed by atoms with Crippen molar-refractivity contribution in [3.05, 3.63) is 35.4 Å². The molecule has 0 radical (unpaired) electrons. The van der Waals surface area contributed by atoms with E-state index < -0.39 is 11.6 Å². The van der Waals surface area contributed by atoms with Gasteiger partial charge in [0.15, 0.2) is 0 Å². The lowest BCUT2D eigenvalue weighted by molar-refractivity contribution is 0.318. The molecule has 2 fully saturated rings. The molecular weight excluding hydrogens is 232 g/mol. The van der Waals surface area contributed by atoms with Gasteiger partial charge in [0.25, 0.3) is 0 Å². The van der Waals surface area contributed by atoms with E-state index in [4.69, 9.17) is 0 Å². The van der Waals surface area contributed by atoms with Crippen molar-refractivity contribution < 1.29 is 8.78 Å². The molecule has 98 valence electrons. The number of halogens is 2. The van der Waals surface area contributed by atoms with Gasteiger partial charge in [-0.3, -0.25) is 0 Å². The summed E-state index contributed by atoms with van der Waals surface area (Å²) in [6.45, 7) is 1.47. The first-order valence-electron chi connectivity index (χ1n) is 6.87. The fraction of sp³-hybridized carbons (Fsp3) is 0.600. The quantitative estimate of drug-likeness (QED) is 0.863. The Labute approximate surface area is 107 Å². The number of fused-ring (bicyclic) bond motifs is 2. The zero-order valence-electron chi connectivity index (χ0n) is 10.5. The molecule has 1 N–H and O–H groups in total. The van der Waals surface area contributed by atoms with Gasteiger partial charge in [-0.15, -0.1) is 0 Å². The Hall–Kier alpha value is -0.960. The van der Waals surface area contributed by atoms with E-state index in [9.17, 15) is 8.78 Å². The highest BCUT2D eigenvalue weighted by atomic mass is 19.1. The Morgan fingerprint density at radius 2 is 2.06 bits per heavy atom. The Bertz CT molecular complexity index is 433. The molecular formula is C15H19F2N. The third-order valence-electron chi connectivity index (χ3n) is 4.62. The molecule has 3 unspecified atom stereocenters. The van der Waals surface area contributed by atoms with Crippen LogP contribution in [0.5, 0.6) is 0 Å². The van der Waals surface area contributed by atoms with Crippen molar-refractivity contribution in [2.24, 2.45) is 17.8 Å². The van der Waals surface area contributed by atoms with Crippen LogP contribution in [-0.4, -0.2) is 6.54 Å². The number of hydrogen-bond acceptors (Lipinski definition) is 1. The summed E-state index contributed by atoms with van der Waals surface area (Å²) in [4.78, 5) is 0. The van der Waals surface area contributed by atoms with Gasteiger partial charge >= 0.3 is 0 Å². The first-order chi connectivity index (χ1) is 8.72. The summed E-state index contributed by atoms with van der Waals surface area (Å²) in [5, 5.41) is 3.33. The lowest BCUT2D eigenvalue weighted by atomic mass is 9.89. The van der Waals surface area contributed by atoms with Crippen LogP contribution >= 0.6 is 0 Å². The number of benzene rings is 1. The summed E-state index contributed by atoms with van der Waals surface area (Å²) in [6.07, 6.45) is 5.52. The number of nitrogens with one attached hydrogen (secondary N) is 1. The van der Waals surface area contributed by atoms with Crippen LogP contribution in [0.15, 0.2) is 18.2 Å². The third-order valence-corrected chi connectivity index (χ3v) is 4.62. The van der Waals surface area contributed by atoms with Gasteiger partial charge in [0.1, 0.15) is 11.6 Å². The summed E-state index contributed by atoms with van der Waals surface area (Å²) in [6, 6.07) is 3.80. The van der Waals surface area contributed by atoms with E-state index in [1.54, 1.807) is 0 Å². The van der Waals surface area contributed by atoms with E-state index in [1.165, 1.54) is 37.8 Å². The summed E-state index contributed by atoms with van der Waals surface area (Å²) in [7, 11) is 0. The second-order valence-electron chi connectivity index (χ2n) is 5.80. The molecule has 3 atom stereocenters. The van der Waals surface area contributed by atoms with Gasteiger partial charge in [-0.25, -0.2) is 8.78 Å². The van der Waals surface area contributed by atoms with Gasteiger partial charge < -0.3 is 5.32 Å². The number of hydrogen-bond donors (Lipinski definition) is 1. The van der Waals surface area contributed by atoms with Crippen molar-refractivity contribution >= 4 is 0 Å². The molecule has 18 heavy (non-hydrogen) atoms. The molecule has 2 bridgehead atoms. The zero-order valence-corrected chi connectivity index (χ0v) is 10.5. The highest BCUT2D eigenvalue weighted by molar-refractivity contribution is 5.18. The van der Waals surface area contributed by atoms with Crippen LogP contribution in [0.25, 0.3) is 0 Å². The second kappa shape index (κ2) is 4.96. The molecule has 0 saturated heterocycles. The van der Waals surface area contributed by atoms with Crippen molar-refractivity contribution in [2.45, 2.75) is 32.2 Å². The molecule has 2 aliphatic carbocycles. The van der Waals surface area contributed by atoms with Crippen LogP contribution in [0.2, 0.25) is 0 Å². The van der Waals surface area contributed by atoms with Gasteiger partial charge in [0, 0.05) is 18.2 Å². The highest BCUT2D eigenvalue weighted by Crippen LogP contribution is 2.47. The lowest BCUT2D eigenvalue weighted by Crippen LogP contribution is -2.26. The van der Waals surface area contributed by atoms with Gasteiger partial charge in [-0.1, -0.05) is 12.5 Å². The molecule has 0 aliphatic heterocycles. The van der Waals surface area contributed by atoms with Crippen LogP contribution in [0.1, 0.15) is 31.2 Å². The van der Waals surface area contributed by atoms with Crippen LogP contribution in [-0.2, 0) is 6.54 Å². The molecule has 1 nitrogen and oxygen atoms in total. The standard InChI is InChI=1S/C15H19F2N/c16-14-4-3-12(15(17)7-14)8-18-9-13-6-10-1-2-11(13)5-10/h3-4,7,10-11,13,18H,1-2,5-6,8-9H2. The SMILES string of the molecule is Fc1ccc(CNCC2CC3CCC2C3)c(F)c1.